The van der Waals surface area contributed by atoms with Gasteiger partial charge in [-0.2, -0.15) is 5.10 Å². The van der Waals surface area contributed by atoms with Crippen molar-refractivity contribution in [3.05, 3.63) is 44.3 Å². The molecule has 1 N–H and O–H groups in total. The average molecular weight is 411 g/mol. The number of carbonyl (C=O) groups excluding carboxylic acids is 1. The maximum Gasteiger partial charge on any atom is 0.224 e. The van der Waals surface area contributed by atoms with Crippen LogP contribution < -0.4 is 5.32 Å². The van der Waals surface area contributed by atoms with E-state index >= 15 is 0 Å². The fourth-order valence-electron chi connectivity index (χ4n) is 2.37. The van der Waals surface area contributed by atoms with Gasteiger partial charge >= 0.3 is 0 Å². The van der Waals surface area contributed by atoms with Gasteiger partial charge in [-0.1, -0.05) is 12.1 Å². The number of hydrogen-bond acceptors (Lipinski definition) is 2. The average Bonchev–Trinajstić information content (AvgIpc) is 2.70. The van der Waals surface area contributed by atoms with E-state index in [4.69, 9.17) is 0 Å². The first kappa shape index (κ1) is 17.0. The Morgan fingerprint density at radius 1 is 1.27 bits per heavy atom. The van der Waals surface area contributed by atoms with E-state index in [1.807, 2.05) is 37.6 Å². The van der Waals surface area contributed by atoms with Crippen molar-refractivity contribution >= 4 is 34.2 Å². The van der Waals surface area contributed by atoms with Crippen molar-refractivity contribution in [2.75, 3.05) is 5.32 Å². The lowest BCUT2D eigenvalue weighted by molar-refractivity contribution is -0.116. The minimum Gasteiger partial charge on any atom is -0.326 e. The molecule has 4 nitrogen and oxygen atoms in total. The minimum absolute atomic E-state index is 0.0601. The van der Waals surface area contributed by atoms with Gasteiger partial charge in [0.15, 0.2) is 0 Å². The third-order valence-corrected chi connectivity index (χ3v) is 5.30. The van der Waals surface area contributed by atoms with Gasteiger partial charge in [0.2, 0.25) is 5.91 Å². The highest BCUT2D eigenvalue weighted by Crippen LogP contribution is 2.18. The summed E-state index contributed by atoms with van der Waals surface area (Å²) in [6.45, 7) is 8.89. The van der Waals surface area contributed by atoms with Crippen LogP contribution in [0.3, 0.4) is 0 Å². The van der Waals surface area contributed by atoms with E-state index in [1.165, 1.54) is 9.26 Å². The van der Waals surface area contributed by atoms with Crippen molar-refractivity contribution < 1.29 is 4.79 Å². The van der Waals surface area contributed by atoms with Crippen LogP contribution in [0.4, 0.5) is 5.69 Å². The Bertz CT molecular complexity index is 691. The smallest absolute Gasteiger partial charge is 0.224 e. The molecule has 0 bridgehead atoms. The maximum absolute atomic E-state index is 12.1. The topological polar surface area (TPSA) is 46.9 Å². The second-order valence-electron chi connectivity index (χ2n) is 5.68. The number of halogens is 1. The molecule has 2 rings (SSSR count). The highest BCUT2D eigenvalue weighted by atomic mass is 127. The van der Waals surface area contributed by atoms with Crippen LogP contribution in [0.15, 0.2) is 18.2 Å². The Labute approximate surface area is 145 Å². The summed E-state index contributed by atoms with van der Waals surface area (Å²) in [6.07, 6.45) is 1.29. The molecule has 0 aliphatic heterocycles. The molecular weight excluding hydrogens is 389 g/mol. The summed E-state index contributed by atoms with van der Waals surface area (Å²) in [5.41, 5.74) is 5.38. The predicted molar refractivity (Wildman–Crippen MR) is 98.2 cm³/mol. The van der Waals surface area contributed by atoms with Gasteiger partial charge in [0, 0.05) is 24.3 Å². The van der Waals surface area contributed by atoms with Crippen molar-refractivity contribution in [1.29, 1.82) is 0 Å². The van der Waals surface area contributed by atoms with Crippen molar-refractivity contribution in [3.8, 4) is 0 Å². The number of aryl methyl sites for hydroxylation is 4. The van der Waals surface area contributed by atoms with Crippen LogP contribution in [0.5, 0.6) is 0 Å². The number of hydrogen-bond donors (Lipinski definition) is 1. The van der Waals surface area contributed by atoms with Crippen LogP contribution in [0, 0.1) is 31.3 Å². The molecule has 5 heteroatoms. The summed E-state index contributed by atoms with van der Waals surface area (Å²) in [6, 6.07) is 6.09. The third-order valence-electron chi connectivity index (χ3n) is 3.73. The highest BCUT2D eigenvalue weighted by Gasteiger charge is 2.09. The van der Waals surface area contributed by atoms with Crippen molar-refractivity contribution in [2.45, 2.75) is 47.1 Å². The number of nitrogens with one attached hydrogen (secondary N) is 1. The Balaban J connectivity index is 1.88. The number of amides is 1. The van der Waals surface area contributed by atoms with Gasteiger partial charge in [-0.3, -0.25) is 9.48 Å². The van der Waals surface area contributed by atoms with E-state index < -0.39 is 0 Å². The second-order valence-corrected chi connectivity index (χ2v) is 6.76. The number of nitrogens with zero attached hydrogens (tertiary/aromatic N) is 2. The standard InChI is InChI=1S/C17H22IN3O/c1-11-7-8-12(2)15(10-11)19-16(22)6-5-9-21-14(4)17(18)13(3)20-21/h7-8,10H,5-6,9H2,1-4H3,(H,19,22). The molecule has 1 amide bonds. The molecule has 0 radical (unpaired) electrons. The van der Waals surface area contributed by atoms with Crippen molar-refractivity contribution in [2.24, 2.45) is 0 Å². The van der Waals surface area contributed by atoms with Crippen LogP contribution in [0.2, 0.25) is 0 Å². The summed E-state index contributed by atoms with van der Waals surface area (Å²) in [7, 11) is 0. The molecule has 0 aliphatic carbocycles. The van der Waals surface area contributed by atoms with Crippen LogP contribution >= 0.6 is 22.6 Å². The zero-order chi connectivity index (χ0) is 16.3. The Hall–Kier alpha value is -1.37. The molecule has 0 unspecified atom stereocenters. The van der Waals surface area contributed by atoms with Crippen molar-refractivity contribution in [3.63, 3.8) is 0 Å². The van der Waals surface area contributed by atoms with Gasteiger partial charge in [0.25, 0.3) is 0 Å². The van der Waals surface area contributed by atoms with Gasteiger partial charge in [0.05, 0.1) is 9.26 Å². The zero-order valence-corrected chi connectivity index (χ0v) is 15.7. The summed E-state index contributed by atoms with van der Waals surface area (Å²) in [5.74, 6) is 0.0601. The Kier molecular flexibility index (Phi) is 5.61. The molecule has 0 atom stereocenters. The zero-order valence-electron chi connectivity index (χ0n) is 13.5. The highest BCUT2D eigenvalue weighted by molar-refractivity contribution is 14.1. The SMILES string of the molecule is Cc1ccc(C)c(NC(=O)CCCn2nc(C)c(I)c2C)c1. The first-order valence-electron chi connectivity index (χ1n) is 7.45. The van der Waals surface area contributed by atoms with Crippen molar-refractivity contribution in [1.82, 2.24) is 9.78 Å². The Morgan fingerprint density at radius 3 is 2.64 bits per heavy atom. The molecule has 0 fully saturated rings. The lowest BCUT2D eigenvalue weighted by Gasteiger charge is -2.09. The maximum atomic E-state index is 12.1. The quantitative estimate of drug-likeness (QED) is 0.752. The monoisotopic (exact) mass is 411 g/mol. The first-order chi connectivity index (χ1) is 10.4. The molecular formula is C17H22IN3O. The molecule has 0 saturated carbocycles. The molecule has 2 aromatic rings. The van der Waals surface area contributed by atoms with Gasteiger partial charge in [-0.25, -0.2) is 0 Å². The van der Waals surface area contributed by atoms with Crippen LogP contribution in [-0.4, -0.2) is 15.7 Å². The summed E-state index contributed by atoms with van der Waals surface area (Å²) >= 11 is 2.31. The van der Waals surface area contributed by atoms with Crippen LogP contribution in [-0.2, 0) is 11.3 Å². The fraction of sp³-hybridized carbons (Fsp3) is 0.412. The fourth-order valence-corrected chi connectivity index (χ4v) is 2.75. The van der Waals surface area contributed by atoms with E-state index in [-0.39, 0.29) is 5.91 Å². The number of carbonyl (C=O) groups is 1. The summed E-state index contributed by atoms with van der Waals surface area (Å²) in [4.78, 5) is 12.1. The first-order valence-corrected chi connectivity index (χ1v) is 8.53. The molecule has 22 heavy (non-hydrogen) atoms. The molecule has 1 heterocycles. The van der Waals surface area contributed by atoms with Crippen LogP contribution in [0.1, 0.15) is 35.4 Å². The minimum atomic E-state index is 0.0601. The number of rotatable bonds is 5. The van der Waals surface area contributed by atoms with E-state index in [9.17, 15) is 4.79 Å². The summed E-state index contributed by atoms with van der Waals surface area (Å²) < 4.78 is 3.19. The third kappa shape index (κ3) is 4.09. The van der Waals surface area contributed by atoms with E-state index in [0.29, 0.717) is 6.42 Å². The normalized spacial score (nSPS) is 10.8. The molecule has 118 valence electrons. The number of benzene rings is 1. The lowest BCUT2D eigenvalue weighted by atomic mass is 10.1. The molecule has 1 aromatic carbocycles. The Morgan fingerprint density at radius 2 is 2.00 bits per heavy atom. The number of aromatic nitrogens is 2. The predicted octanol–water partition coefficient (Wildman–Crippen LogP) is 4.14. The molecule has 0 saturated heterocycles. The number of anilines is 1. The molecule has 0 aliphatic rings. The molecule has 1 aromatic heterocycles. The van der Waals surface area contributed by atoms with Gasteiger partial charge < -0.3 is 5.32 Å². The summed E-state index contributed by atoms with van der Waals surface area (Å²) in [5, 5.41) is 7.49. The van der Waals surface area contributed by atoms with E-state index in [2.05, 4.69) is 46.0 Å². The molecule has 0 spiro atoms. The second kappa shape index (κ2) is 7.26. The lowest BCUT2D eigenvalue weighted by Crippen LogP contribution is -2.14. The van der Waals surface area contributed by atoms with E-state index in [1.54, 1.807) is 0 Å². The van der Waals surface area contributed by atoms with Gasteiger partial charge in [-0.05, 0) is 73.9 Å². The van der Waals surface area contributed by atoms with Crippen LogP contribution in [0.25, 0.3) is 0 Å². The van der Waals surface area contributed by atoms with Gasteiger partial charge in [0.1, 0.15) is 0 Å². The van der Waals surface area contributed by atoms with E-state index in [0.717, 1.165) is 35.5 Å². The largest absolute Gasteiger partial charge is 0.326 e. The van der Waals surface area contributed by atoms with Gasteiger partial charge in [-0.15, -0.1) is 0 Å².